The van der Waals surface area contributed by atoms with E-state index < -0.39 is 6.10 Å². The van der Waals surface area contributed by atoms with E-state index in [9.17, 15) is 9.90 Å². The van der Waals surface area contributed by atoms with Gasteiger partial charge in [0.25, 0.3) is 5.91 Å². The minimum atomic E-state index is -0.602. The van der Waals surface area contributed by atoms with Crippen molar-refractivity contribution < 1.29 is 14.3 Å². The second-order valence-corrected chi connectivity index (χ2v) is 6.13. The molecule has 0 aliphatic heterocycles. The highest BCUT2D eigenvalue weighted by atomic mass is 35.5. The quantitative estimate of drug-likeness (QED) is 0.582. The number of rotatable bonds is 6. The number of nitrogens with one attached hydrogen (secondary N) is 2. The van der Waals surface area contributed by atoms with Crippen LogP contribution in [0.2, 0.25) is 0 Å². The van der Waals surface area contributed by atoms with Crippen molar-refractivity contribution in [2.24, 2.45) is 0 Å². The lowest BCUT2D eigenvalue weighted by atomic mass is 10.1. The number of carbonyl (C=O) groups is 1. The molecule has 3 N–H and O–H groups in total. The van der Waals surface area contributed by atoms with Crippen molar-refractivity contribution in [1.29, 1.82) is 0 Å². The highest BCUT2D eigenvalue weighted by Gasteiger charge is 2.13. The van der Waals surface area contributed by atoms with Gasteiger partial charge in [0, 0.05) is 23.3 Å². The first kappa shape index (κ1) is 17.3. The highest BCUT2D eigenvalue weighted by molar-refractivity contribution is 6.18. The highest BCUT2D eigenvalue weighted by Crippen LogP contribution is 2.23. The van der Waals surface area contributed by atoms with Gasteiger partial charge in [0.2, 0.25) is 0 Å². The molecule has 0 spiro atoms. The summed E-state index contributed by atoms with van der Waals surface area (Å²) in [5, 5.41) is 16.3. The Bertz CT molecular complexity index is 858. The number of furan rings is 1. The first-order chi connectivity index (χ1) is 12.1. The lowest BCUT2D eigenvalue weighted by molar-refractivity contribution is 0.0998. The van der Waals surface area contributed by atoms with Crippen LogP contribution in [-0.2, 0) is 0 Å². The zero-order chi connectivity index (χ0) is 17.8. The summed E-state index contributed by atoms with van der Waals surface area (Å²) in [6.07, 6.45) is -0.602. The summed E-state index contributed by atoms with van der Waals surface area (Å²) >= 11 is 5.57. The zero-order valence-corrected chi connectivity index (χ0v) is 14.5. The molecular formula is C19H19ClN2O3. The Morgan fingerprint density at radius 3 is 2.76 bits per heavy atom. The zero-order valence-electron chi connectivity index (χ0n) is 13.8. The lowest BCUT2D eigenvalue weighted by Gasteiger charge is -2.13. The average Bonchev–Trinajstić information content (AvgIpc) is 3.06. The Hall–Kier alpha value is -2.50. The first-order valence-electron chi connectivity index (χ1n) is 7.95. The lowest BCUT2D eigenvalue weighted by Crippen LogP contribution is -2.20. The molecule has 0 saturated heterocycles. The minimum Gasteiger partial charge on any atom is -0.451 e. The Morgan fingerprint density at radius 2 is 2.04 bits per heavy atom. The predicted octanol–water partition coefficient (Wildman–Crippen LogP) is 4.01. The van der Waals surface area contributed by atoms with Gasteiger partial charge in [0.05, 0.1) is 12.0 Å². The number of halogens is 1. The summed E-state index contributed by atoms with van der Waals surface area (Å²) in [6, 6.07) is 14.8. The second-order valence-electron chi connectivity index (χ2n) is 5.82. The Labute approximate surface area is 150 Å². The van der Waals surface area contributed by atoms with E-state index in [2.05, 4.69) is 10.6 Å². The number of fused-ring (bicyclic) bond motifs is 1. The van der Waals surface area contributed by atoms with Crippen molar-refractivity contribution in [2.75, 3.05) is 23.1 Å². The summed E-state index contributed by atoms with van der Waals surface area (Å²) < 4.78 is 5.58. The molecule has 6 heteroatoms. The van der Waals surface area contributed by atoms with E-state index >= 15 is 0 Å². The third-order valence-corrected chi connectivity index (χ3v) is 4.20. The van der Waals surface area contributed by atoms with Gasteiger partial charge < -0.3 is 20.2 Å². The first-order valence-corrected chi connectivity index (χ1v) is 8.49. The third-order valence-electron chi connectivity index (χ3n) is 3.84. The summed E-state index contributed by atoms with van der Waals surface area (Å²) in [4.78, 5) is 12.4. The smallest absolute Gasteiger partial charge is 0.291 e. The molecule has 1 atom stereocenters. The summed E-state index contributed by atoms with van der Waals surface area (Å²) in [5.74, 6) is 0.156. The maximum Gasteiger partial charge on any atom is 0.291 e. The van der Waals surface area contributed by atoms with Gasteiger partial charge in [-0.05, 0) is 42.8 Å². The summed E-state index contributed by atoms with van der Waals surface area (Å²) in [5.41, 5.74) is 3.13. The van der Waals surface area contributed by atoms with E-state index in [0.717, 1.165) is 16.6 Å². The van der Waals surface area contributed by atoms with Gasteiger partial charge in [-0.1, -0.05) is 18.2 Å². The number of aliphatic hydroxyl groups excluding tert-OH is 1. The van der Waals surface area contributed by atoms with Crippen LogP contribution >= 0.6 is 11.6 Å². The van der Waals surface area contributed by atoms with Gasteiger partial charge in [-0.3, -0.25) is 4.79 Å². The molecule has 5 nitrogen and oxygen atoms in total. The molecular weight excluding hydrogens is 340 g/mol. The summed E-state index contributed by atoms with van der Waals surface area (Å²) in [7, 11) is 0. The number of alkyl halides is 1. The normalized spacial score (nSPS) is 12.1. The van der Waals surface area contributed by atoms with E-state index in [1.54, 1.807) is 6.07 Å². The van der Waals surface area contributed by atoms with Gasteiger partial charge in [-0.15, -0.1) is 11.6 Å². The van der Waals surface area contributed by atoms with E-state index in [-0.39, 0.29) is 17.5 Å². The molecule has 130 valence electrons. The van der Waals surface area contributed by atoms with Crippen LogP contribution in [0.15, 0.2) is 52.9 Å². The maximum absolute atomic E-state index is 12.4. The summed E-state index contributed by atoms with van der Waals surface area (Å²) in [6.45, 7) is 2.27. The molecule has 1 heterocycles. The van der Waals surface area contributed by atoms with Crippen LogP contribution in [0.4, 0.5) is 11.4 Å². The number of aliphatic hydroxyl groups is 1. The number of hydrogen-bond donors (Lipinski definition) is 3. The molecule has 2 aromatic carbocycles. The number of benzene rings is 2. The average molecular weight is 359 g/mol. The Morgan fingerprint density at radius 1 is 1.24 bits per heavy atom. The topological polar surface area (TPSA) is 74.5 Å². The van der Waals surface area contributed by atoms with Crippen LogP contribution in [-0.4, -0.2) is 29.5 Å². The van der Waals surface area contributed by atoms with Crippen LogP contribution in [0.3, 0.4) is 0 Å². The SMILES string of the molecule is Cc1cc(NCC(O)CCl)ccc1NC(=O)c1cc2ccccc2o1. The van der Waals surface area contributed by atoms with Gasteiger partial charge >= 0.3 is 0 Å². The number of aryl methyl sites for hydroxylation is 1. The number of anilines is 2. The van der Waals surface area contributed by atoms with Crippen molar-refractivity contribution >= 4 is 39.9 Å². The van der Waals surface area contributed by atoms with Gasteiger partial charge in [-0.25, -0.2) is 0 Å². The van der Waals surface area contributed by atoms with E-state index in [4.69, 9.17) is 16.0 Å². The molecule has 0 aliphatic carbocycles. The van der Waals surface area contributed by atoms with Crippen molar-refractivity contribution in [3.05, 3.63) is 59.9 Å². The largest absolute Gasteiger partial charge is 0.451 e. The van der Waals surface area contributed by atoms with Gasteiger partial charge in [0.1, 0.15) is 5.58 Å². The van der Waals surface area contributed by atoms with Gasteiger partial charge in [0.15, 0.2) is 5.76 Å². The van der Waals surface area contributed by atoms with Crippen LogP contribution in [0, 0.1) is 6.92 Å². The van der Waals surface area contributed by atoms with Crippen LogP contribution < -0.4 is 10.6 Å². The molecule has 1 amide bonds. The Kier molecular flexibility index (Phi) is 5.26. The molecule has 0 saturated carbocycles. The van der Waals surface area contributed by atoms with Crippen LogP contribution in [0.1, 0.15) is 16.1 Å². The molecule has 3 aromatic rings. The van der Waals surface area contributed by atoms with E-state index in [1.807, 2.05) is 49.4 Å². The van der Waals surface area contributed by atoms with Gasteiger partial charge in [-0.2, -0.15) is 0 Å². The third kappa shape index (κ3) is 4.13. The second kappa shape index (κ2) is 7.59. The van der Waals surface area contributed by atoms with Crippen LogP contribution in [0.5, 0.6) is 0 Å². The molecule has 1 aromatic heterocycles. The molecule has 25 heavy (non-hydrogen) atoms. The molecule has 1 unspecified atom stereocenters. The van der Waals surface area contributed by atoms with Crippen molar-refractivity contribution in [3.63, 3.8) is 0 Å². The monoisotopic (exact) mass is 358 g/mol. The number of carbonyl (C=O) groups excluding carboxylic acids is 1. The molecule has 0 bridgehead atoms. The number of amides is 1. The van der Waals surface area contributed by atoms with Crippen LogP contribution in [0.25, 0.3) is 11.0 Å². The van der Waals surface area contributed by atoms with Crippen molar-refractivity contribution in [3.8, 4) is 0 Å². The fraction of sp³-hybridized carbons (Fsp3) is 0.211. The Balaban J connectivity index is 1.70. The van der Waals surface area contributed by atoms with E-state index in [0.29, 0.717) is 17.8 Å². The maximum atomic E-state index is 12.4. The predicted molar refractivity (Wildman–Crippen MR) is 101 cm³/mol. The molecule has 0 aliphatic rings. The van der Waals surface area contributed by atoms with E-state index in [1.165, 1.54) is 0 Å². The standard InChI is InChI=1S/C19H19ClN2O3/c1-12-8-14(21-11-15(23)10-20)6-7-16(12)22-19(24)18-9-13-4-2-3-5-17(13)25-18/h2-9,15,21,23H,10-11H2,1H3,(H,22,24). The minimum absolute atomic E-state index is 0.178. The number of para-hydroxylation sites is 1. The fourth-order valence-electron chi connectivity index (χ4n) is 2.48. The molecule has 3 rings (SSSR count). The van der Waals surface area contributed by atoms with Crippen molar-refractivity contribution in [2.45, 2.75) is 13.0 Å². The fourth-order valence-corrected chi connectivity index (χ4v) is 2.59. The molecule has 0 fully saturated rings. The molecule has 0 radical (unpaired) electrons. The number of hydrogen-bond acceptors (Lipinski definition) is 4. The van der Waals surface area contributed by atoms with Crippen molar-refractivity contribution in [1.82, 2.24) is 0 Å².